The Labute approximate surface area is 79.1 Å². The lowest BCUT2D eigenvalue weighted by Crippen LogP contribution is -2.34. The van der Waals surface area contributed by atoms with Gasteiger partial charge in [-0.25, -0.2) is 0 Å². The van der Waals surface area contributed by atoms with E-state index in [1.165, 1.54) is 0 Å². The van der Waals surface area contributed by atoms with E-state index in [9.17, 15) is 4.79 Å². The quantitative estimate of drug-likeness (QED) is 0.716. The zero-order valence-corrected chi connectivity index (χ0v) is 8.49. The van der Waals surface area contributed by atoms with Gasteiger partial charge >= 0.3 is 5.97 Å². The fourth-order valence-corrected chi connectivity index (χ4v) is 2.07. The molecule has 0 aliphatic carbocycles. The standard InChI is InChI=1S/C10H18O3/c1-6-4-9(5-7(2)13-6)8(3)10(11)12/h6-9H,4-5H2,1-3H3,(H,11,12)/t6-,7+,8?,9?. The molecular formula is C10H18O3. The van der Waals surface area contributed by atoms with Gasteiger partial charge in [0.05, 0.1) is 18.1 Å². The van der Waals surface area contributed by atoms with Crippen LogP contribution in [0.5, 0.6) is 0 Å². The van der Waals surface area contributed by atoms with Crippen LogP contribution in [0.1, 0.15) is 33.6 Å². The Morgan fingerprint density at radius 1 is 1.38 bits per heavy atom. The molecule has 1 fully saturated rings. The van der Waals surface area contributed by atoms with E-state index >= 15 is 0 Å². The number of carbonyl (C=O) groups is 1. The van der Waals surface area contributed by atoms with Crippen molar-refractivity contribution < 1.29 is 14.6 Å². The maximum atomic E-state index is 10.8. The Kier molecular flexibility index (Phi) is 3.31. The van der Waals surface area contributed by atoms with Gasteiger partial charge < -0.3 is 9.84 Å². The molecule has 1 aliphatic heterocycles. The van der Waals surface area contributed by atoms with Crippen LogP contribution in [0, 0.1) is 11.8 Å². The van der Waals surface area contributed by atoms with Crippen molar-refractivity contribution in [2.75, 3.05) is 0 Å². The van der Waals surface area contributed by atoms with E-state index in [2.05, 4.69) is 0 Å². The highest BCUT2D eigenvalue weighted by atomic mass is 16.5. The first-order valence-electron chi connectivity index (χ1n) is 4.89. The Balaban J connectivity index is 2.54. The first-order chi connectivity index (χ1) is 6.00. The fraction of sp³-hybridized carbons (Fsp3) is 0.900. The second kappa shape index (κ2) is 4.09. The third-order valence-electron chi connectivity index (χ3n) is 2.83. The summed E-state index contributed by atoms with van der Waals surface area (Å²) in [4.78, 5) is 10.8. The van der Waals surface area contributed by atoms with Gasteiger partial charge in [-0.3, -0.25) is 4.79 Å². The van der Waals surface area contributed by atoms with Crippen molar-refractivity contribution in [1.82, 2.24) is 0 Å². The molecule has 1 heterocycles. The summed E-state index contributed by atoms with van der Waals surface area (Å²) >= 11 is 0. The van der Waals surface area contributed by atoms with Crippen molar-refractivity contribution in [3.8, 4) is 0 Å². The van der Waals surface area contributed by atoms with Crippen LogP contribution < -0.4 is 0 Å². The Morgan fingerprint density at radius 3 is 2.23 bits per heavy atom. The van der Waals surface area contributed by atoms with E-state index < -0.39 is 5.97 Å². The SMILES string of the molecule is CC(C(=O)O)C1C[C@@H](C)O[C@@H](C)C1. The lowest BCUT2D eigenvalue weighted by atomic mass is 9.83. The molecule has 3 nitrogen and oxygen atoms in total. The molecule has 0 amide bonds. The van der Waals surface area contributed by atoms with E-state index in [0.29, 0.717) is 0 Å². The normalized spacial score (nSPS) is 37.0. The van der Waals surface area contributed by atoms with Crippen LogP contribution >= 0.6 is 0 Å². The Hall–Kier alpha value is -0.570. The van der Waals surface area contributed by atoms with Crippen molar-refractivity contribution in [3.63, 3.8) is 0 Å². The highest BCUT2D eigenvalue weighted by Crippen LogP contribution is 2.30. The summed E-state index contributed by atoms with van der Waals surface area (Å²) in [6.45, 7) is 5.81. The minimum absolute atomic E-state index is 0.204. The third-order valence-corrected chi connectivity index (χ3v) is 2.83. The number of ether oxygens (including phenoxy) is 1. The van der Waals surface area contributed by atoms with Gasteiger partial charge in [-0.15, -0.1) is 0 Å². The Morgan fingerprint density at radius 2 is 1.85 bits per heavy atom. The summed E-state index contributed by atoms with van der Waals surface area (Å²) in [5.74, 6) is -0.656. The molecule has 0 bridgehead atoms. The summed E-state index contributed by atoms with van der Waals surface area (Å²) in [6.07, 6.45) is 2.15. The van der Waals surface area contributed by atoms with Crippen molar-refractivity contribution >= 4 is 5.97 Å². The molecule has 13 heavy (non-hydrogen) atoms. The highest BCUT2D eigenvalue weighted by Gasteiger charge is 2.31. The number of carboxylic acid groups (broad SMARTS) is 1. The van der Waals surface area contributed by atoms with Crippen molar-refractivity contribution in [2.45, 2.75) is 45.8 Å². The molecule has 2 unspecified atom stereocenters. The van der Waals surface area contributed by atoms with Gasteiger partial charge in [-0.05, 0) is 32.6 Å². The predicted octanol–water partition coefficient (Wildman–Crippen LogP) is 1.91. The maximum Gasteiger partial charge on any atom is 0.306 e. The topological polar surface area (TPSA) is 46.5 Å². The molecule has 0 radical (unpaired) electrons. The smallest absolute Gasteiger partial charge is 0.306 e. The monoisotopic (exact) mass is 186 g/mol. The second-order valence-electron chi connectivity index (χ2n) is 4.12. The van der Waals surface area contributed by atoms with E-state index in [1.807, 2.05) is 13.8 Å². The summed E-state index contributed by atoms with van der Waals surface area (Å²) < 4.78 is 5.55. The zero-order chi connectivity index (χ0) is 10.0. The van der Waals surface area contributed by atoms with Gasteiger partial charge in [0.2, 0.25) is 0 Å². The third kappa shape index (κ3) is 2.69. The van der Waals surface area contributed by atoms with E-state index in [0.717, 1.165) is 12.8 Å². The number of hydrogen-bond donors (Lipinski definition) is 1. The fourth-order valence-electron chi connectivity index (χ4n) is 2.07. The first kappa shape index (κ1) is 10.5. The average molecular weight is 186 g/mol. The van der Waals surface area contributed by atoms with E-state index in [-0.39, 0.29) is 24.0 Å². The molecule has 0 aromatic heterocycles. The Bertz CT molecular complexity index is 181. The first-order valence-corrected chi connectivity index (χ1v) is 4.89. The molecule has 4 atom stereocenters. The van der Waals surface area contributed by atoms with Crippen molar-refractivity contribution in [1.29, 1.82) is 0 Å². The van der Waals surface area contributed by atoms with Gasteiger partial charge in [-0.2, -0.15) is 0 Å². The highest BCUT2D eigenvalue weighted by molar-refractivity contribution is 5.69. The van der Waals surface area contributed by atoms with E-state index in [4.69, 9.17) is 9.84 Å². The van der Waals surface area contributed by atoms with E-state index in [1.54, 1.807) is 6.92 Å². The van der Waals surface area contributed by atoms with Crippen LogP contribution in [0.3, 0.4) is 0 Å². The molecule has 76 valence electrons. The molecule has 1 saturated heterocycles. The van der Waals surface area contributed by atoms with Crippen LogP contribution in [0.25, 0.3) is 0 Å². The van der Waals surface area contributed by atoms with Crippen molar-refractivity contribution in [2.24, 2.45) is 11.8 Å². The minimum Gasteiger partial charge on any atom is -0.481 e. The number of hydrogen-bond acceptors (Lipinski definition) is 2. The second-order valence-corrected chi connectivity index (χ2v) is 4.12. The van der Waals surface area contributed by atoms with Crippen LogP contribution in [0.15, 0.2) is 0 Å². The van der Waals surface area contributed by atoms with Crippen molar-refractivity contribution in [3.05, 3.63) is 0 Å². The maximum absolute atomic E-state index is 10.8. The molecule has 0 saturated carbocycles. The molecule has 1 aliphatic rings. The van der Waals surface area contributed by atoms with Gasteiger partial charge in [0.15, 0.2) is 0 Å². The summed E-state index contributed by atoms with van der Waals surface area (Å²) in [5.41, 5.74) is 0. The molecule has 0 aromatic carbocycles. The number of rotatable bonds is 2. The molecular weight excluding hydrogens is 168 g/mol. The van der Waals surface area contributed by atoms with Crippen LogP contribution in [0.2, 0.25) is 0 Å². The van der Waals surface area contributed by atoms with Gasteiger partial charge in [-0.1, -0.05) is 6.92 Å². The molecule has 0 aromatic rings. The van der Waals surface area contributed by atoms with Gasteiger partial charge in [0.25, 0.3) is 0 Å². The zero-order valence-electron chi connectivity index (χ0n) is 8.49. The predicted molar refractivity (Wildman–Crippen MR) is 49.5 cm³/mol. The molecule has 1 rings (SSSR count). The lowest BCUT2D eigenvalue weighted by molar-refractivity contribution is -0.146. The van der Waals surface area contributed by atoms with Gasteiger partial charge in [0.1, 0.15) is 0 Å². The van der Waals surface area contributed by atoms with Crippen LogP contribution in [0.4, 0.5) is 0 Å². The summed E-state index contributed by atoms with van der Waals surface area (Å²) in [7, 11) is 0. The average Bonchev–Trinajstić information content (AvgIpc) is 2.01. The molecule has 0 spiro atoms. The van der Waals surface area contributed by atoms with Crippen LogP contribution in [-0.4, -0.2) is 23.3 Å². The summed E-state index contributed by atoms with van der Waals surface area (Å²) in [6, 6.07) is 0. The van der Waals surface area contributed by atoms with Gasteiger partial charge in [0, 0.05) is 0 Å². The van der Waals surface area contributed by atoms with Crippen LogP contribution in [-0.2, 0) is 9.53 Å². The molecule has 1 N–H and O–H groups in total. The minimum atomic E-state index is -0.689. The largest absolute Gasteiger partial charge is 0.481 e. The lowest BCUT2D eigenvalue weighted by Gasteiger charge is -2.33. The summed E-state index contributed by atoms with van der Waals surface area (Å²) in [5, 5.41) is 8.87. The number of aliphatic carboxylic acids is 1. The molecule has 3 heteroatoms. The number of carboxylic acids is 1.